The van der Waals surface area contributed by atoms with Crippen molar-refractivity contribution in [2.75, 3.05) is 26.7 Å². The highest BCUT2D eigenvalue weighted by Crippen LogP contribution is 2.22. The quantitative estimate of drug-likeness (QED) is 0.884. The highest BCUT2D eigenvalue weighted by atomic mass is 16.3. The minimum absolute atomic E-state index is 0.392. The summed E-state index contributed by atoms with van der Waals surface area (Å²) in [6.07, 6.45) is 4.01. The van der Waals surface area contributed by atoms with E-state index >= 15 is 0 Å². The summed E-state index contributed by atoms with van der Waals surface area (Å²) in [6, 6.07) is 2.55. The highest BCUT2D eigenvalue weighted by molar-refractivity contribution is 5.23. The maximum absolute atomic E-state index is 5.60. The normalized spacial score (nSPS) is 19.8. The third-order valence-electron chi connectivity index (χ3n) is 4.39. The summed E-state index contributed by atoms with van der Waals surface area (Å²) in [5.74, 6) is 2.97. The minimum atomic E-state index is 0.392. The van der Waals surface area contributed by atoms with E-state index in [9.17, 15) is 0 Å². The fourth-order valence-corrected chi connectivity index (χ4v) is 3.05. The van der Waals surface area contributed by atoms with Gasteiger partial charge in [-0.05, 0) is 78.7 Å². The largest absolute Gasteiger partial charge is 0.466 e. The molecule has 1 fully saturated rings. The predicted octanol–water partition coefficient (Wildman–Crippen LogP) is 3.28. The molecule has 0 radical (unpaired) electrons. The van der Waals surface area contributed by atoms with E-state index in [1.807, 2.05) is 6.92 Å². The van der Waals surface area contributed by atoms with E-state index in [4.69, 9.17) is 4.42 Å². The number of nitrogens with zero attached hydrogens (tertiary/aromatic N) is 1. The maximum atomic E-state index is 5.60. The van der Waals surface area contributed by atoms with Crippen LogP contribution in [0.4, 0.5) is 0 Å². The third-order valence-corrected chi connectivity index (χ3v) is 4.39. The van der Waals surface area contributed by atoms with Crippen LogP contribution < -0.4 is 5.32 Å². The smallest absolute Gasteiger partial charge is 0.105 e. The Morgan fingerprint density at radius 1 is 1.37 bits per heavy atom. The van der Waals surface area contributed by atoms with Gasteiger partial charge in [0.05, 0.1) is 0 Å². The molecule has 1 atom stereocenters. The number of nitrogens with one attached hydrogen (secondary N) is 1. The molecule has 1 aromatic rings. The van der Waals surface area contributed by atoms with Gasteiger partial charge in [0, 0.05) is 11.6 Å². The van der Waals surface area contributed by atoms with Crippen molar-refractivity contribution < 1.29 is 4.42 Å². The Morgan fingerprint density at radius 2 is 2.05 bits per heavy atom. The zero-order valence-electron chi connectivity index (χ0n) is 12.8. The van der Waals surface area contributed by atoms with Gasteiger partial charge in [0.15, 0.2) is 0 Å². The van der Waals surface area contributed by atoms with Gasteiger partial charge in [-0.2, -0.15) is 0 Å². The van der Waals surface area contributed by atoms with Crippen molar-refractivity contribution in [1.29, 1.82) is 0 Å². The van der Waals surface area contributed by atoms with Crippen LogP contribution in [0.1, 0.15) is 49.3 Å². The summed E-state index contributed by atoms with van der Waals surface area (Å²) in [6.45, 7) is 9.94. The average Bonchev–Trinajstić information content (AvgIpc) is 2.71. The first-order valence-corrected chi connectivity index (χ1v) is 7.55. The lowest BCUT2D eigenvalue weighted by molar-refractivity contribution is 0.210. The van der Waals surface area contributed by atoms with Gasteiger partial charge in [-0.1, -0.05) is 0 Å². The molecule has 3 heteroatoms. The minimum Gasteiger partial charge on any atom is -0.466 e. The Balaban J connectivity index is 1.72. The summed E-state index contributed by atoms with van der Waals surface area (Å²) >= 11 is 0. The summed E-state index contributed by atoms with van der Waals surface area (Å²) in [5.41, 5.74) is 1.31. The molecule has 1 N–H and O–H groups in total. The molecule has 108 valence electrons. The molecule has 0 aliphatic carbocycles. The van der Waals surface area contributed by atoms with Gasteiger partial charge >= 0.3 is 0 Å². The molecule has 2 heterocycles. The van der Waals surface area contributed by atoms with Crippen molar-refractivity contribution in [3.8, 4) is 0 Å². The van der Waals surface area contributed by atoms with Gasteiger partial charge in [0.2, 0.25) is 0 Å². The molecule has 1 aromatic heterocycles. The van der Waals surface area contributed by atoms with Crippen LogP contribution >= 0.6 is 0 Å². The topological polar surface area (TPSA) is 28.4 Å². The Kier molecular flexibility index (Phi) is 5.06. The van der Waals surface area contributed by atoms with Gasteiger partial charge in [-0.3, -0.25) is 0 Å². The van der Waals surface area contributed by atoms with Crippen LogP contribution in [-0.4, -0.2) is 31.6 Å². The highest BCUT2D eigenvalue weighted by Gasteiger charge is 2.17. The molecular weight excluding hydrogens is 236 g/mol. The number of aryl methyl sites for hydroxylation is 2. The van der Waals surface area contributed by atoms with Crippen LogP contribution in [0, 0.1) is 19.8 Å². The van der Waals surface area contributed by atoms with Crippen molar-refractivity contribution in [1.82, 2.24) is 10.2 Å². The van der Waals surface area contributed by atoms with E-state index in [-0.39, 0.29) is 0 Å². The van der Waals surface area contributed by atoms with Crippen molar-refractivity contribution in [3.05, 3.63) is 23.2 Å². The molecule has 0 amide bonds. The molecule has 0 spiro atoms. The van der Waals surface area contributed by atoms with Crippen molar-refractivity contribution in [2.24, 2.45) is 5.92 Å². The van der Waals surface area contributed by atoms with Gasteiger partial charge < -0.3 is 14.6 Å². The van der Waals surface area contributed by atoms with Crippen LogP contribution in [0.2, 0.25) is 0 Å². The van der Waals surface area contributed by atoms with Crippen LogP contribution in [-0.2, 0) is 0 Å². The lowest BCUT2D eigenvalue weighted by Gasteiger charge is -2.29. The molecule has 1 saturated heterocycles. The van der Waals surface area contributed by atoms with Crippen molar-refractivity contribution in [2.45, 2.75) is 46.1 Å². The number of hydrogen-bond acceptors (Lipinski definition) is 3. The monoisotopic (exact) mass is 264 g/mol. The van der Waals surface area contributed by atoms with Crippen LogP contribution in [0.25, 0.3) is 0 Å². The first-order chi connectivity index (χ1) is 9.06. The van der Waals surface area contributed by atoms with E-state index < -0.39 is 0 Å². The summed E-state index contributed by atoms with van der Waals surface area (Å²) < 4.78 is 5.60. The van der Waals surface area contributed by atoms with Crippen LogP contribution in [0.15, 0.2) is 10.5 Å². The van der Waals surface area contributed by atoms with Crippen molar-refractivity contribution in [3.63, 3.8) is 0 Å². The summed E-state index contributed by atoms with van der Waals surface area (Å²) in [4.78, 5) is 2.43. The number of hydrogen-bond donors (Lipinski definition) is 1. The molecule has 2 rings (SSSR count). The van der Waals surface area contributed by atoms with E-state index in [1.54, 1.807) is 0 Å². The number of rotatable bonds is 5. The molecule has 0 bridgehead atoms. The molecule has 19 heavy (non-hydrogen) atoms. The average molecular weight is 264 g/mol. The van der Waals surface area contributed by atoms with Gasteiger partial charge in [-0.25, -0.2) is 0 Å². The van der Waals surface area contributed by atoms with Gasteiger partial charge in [0.25, 0.3) is 0 Å². The molecular formula is C16H28N2O. The fraction of sp³-hybridized carbons (Fsp3) is 0.750. The Hall–Kier alpha value is -0.800. The molecule has 3 nitrogen and oxygen atoms in total. The number of furan rings is 1. The molecule has 0 aromatic carbocycles. The number of piperidine rings is 1. The second-order valence-corrected chi connectivity index (χ2v) is 6.08. The predicted molar refractivity (Wildman–Crippen MR) is 79.4 cm³/mol. The third kappa shape index (κ3) is 4.08. The molecule has 1 aliphatic rings. The van der Waals surface area contributed by atoms with Crippen LogP contribution in [0.3, 0.4) is 0 Å². The summed E-state index contributed by atoms with van der Waals surface area (Å²) in [5, 5.41) is 3.64. The van der Waals surface area contributed by atoms with Crippen LogP contribution in [0.5, 0.6) is 0 Å². The van der Waals surface area contributed by atoms with E-state index in [0.29, 0.717) is 6.04 Å². The summed E-state index contributed by atoms with van der Waals surface area (Å²) in [7, 11) is 2.22. The lowest BCUT2D eigenvalue weighted by atomic mass is 9.93. The van der Waals surface area contributed by atoms with Crippen molar-refractivity contribution >= 4 is 0 Å². The molecule has 0 saturated carbocycles. The Bertz CT molecular complexity index is 391. The van der Waals surface area contributed by atoms with E-state index in [2.05, 4.69) is 37.2 Å². The first kappa shape index (κ1) is 14.6. The second kappa shape index (κ2) is 6.58. The van der Waals surface area contributed by atoms with E-state index in [1.165, 1.54) is 37.9 Å². The Labute approximate surface area is 117 Å². The lowest BCUT2D eigenvalue weighted by Crippen LogP contribution is -2.32. The maximum Gasteiger partial charge on any atom is 0.105 e. The van der Waals surface area contributed by atoms with Gasteiger partial charge in [0.1, 0.15) is 11.5 Å². The number of likely N-dealkylation sites (tertiary alicyclic amines) is 1. The fourth-order valence-electron chi connectivity index (χ4n) is 3.05. The molecule has 1 aliphatic heterocycles. The molecule has 1 unspecified atom stereocenters. The van der Waals surface area contributed by atoms with Gasteiger partial charge in [-0.15, -0.1) is 0 Å². The van der Waals surface area contributed by atoms with E-state index in [0.717, 1.165) is 24.0 Å². The zero-order chi connectivity index (χ0) is 13.8. The standard InChI is InChI=1S/C16H28N2O/c1-12-11-16(14(3)19-12)13(2)17-8-5-15-6-9-18(4)10-7-15/h11,13,15,17H,5-10H2,1-4H3. The second-order valence-electron chi connectivity index (χ2n) is 6.08. The zero-order valence-corrected chi connectivity index (χ0v) is 12.8. The SMILES string of the molecule is Cc1cc(C(C)NCCC2CCN(C)CC2)c(C)o1. The first-order valence-electron chi connectivity index (χ1n) is 7.55. The Morgan fingerprint density at radius 3 is 2.63 bits per heavy atom.